The van der Waals surface area contributed by atoms with Crippen LogP contribution in [0.2, 0.25) is 0 Å². The summed E-state index contributed by atoms with van der Waals surface area (Å²) in [5.41, 5.74) is 0. The van der Waals surface area contributed by atoms with E-state index >= 15 is 0 Å². The van der Waals surface area contributed by atoms with Crippen molar-refractivity contribution >= 4 is 10.2 Å². The number of hydrogen-bond acceptors (Lipinski definition) is 4. The number of rotatable bonds is 9. The monoisotopic (exact) mass is 267 g/mol. The molecule has 7 heteroatoms. The zero-order chi connectivity index (χ0) is 13.5. The molecule has 0 aliphatic rings. The smallest absolute Gasteiger partial charge is 0.281 e. The van der Waals surface area contributed by atoms with E-state index in [1.807, 2.05) is 14.0 Å². The van der Waals surface area contributed by atoms with Gasteiger partial charge in [0.2, 0.25) is 0 Å². The van der Waals surface area contributed by atoms with Gasteiger partial charge in [-0.3, -0.25) is 0 Å². The quantitative estimate of drug-likeness (QED) is 0.585. The van der Waals surface area contributed by atoms with Gasteiger partial charge >= 0.3 is 0 Å². The summed E-state index contributed by atoms with van der Waals surface area (Å²) in [4.78, 5) is 0. The van der Waals surface area contributed by atoms with Crippen molar-refractivity contribution in [2.24, 2.45) is 0 Å². The minimum atomic E-state index is -3.38. The van der Waals surface area contributed by atoms with Gasteiger partial charge in [0, 0.05) is 33.8 Å². The Kier molecular flexibility index (Phi) is 7.89. The maximum Gasteiger partial charge on any atom is 0.281 e. The Morgan fingerprint density at radius 1 is 1.35 bits per heavy atom. The van der Waals surface area contributed by atoms with Gasteiger partial charge in [-0.1, -0.05) is 0 Å². The fourth-order valence-electron chi connectivity index (χ4n) is 1.39. The summed E-state index contributed by atoms with van der Waals surface area (Å²) in [5.74, 6) is 0. The second-order valence-corrected chi connectivity index (χ2v) is 6.20. The fourth-order valence-corrected chi connectivity index (χ4v) is 2.70. The minimum Gasteiger partial charge on any atom is -0.383 e. The van der Waals surface area contributed by atoms with Crippen LogP contribution in [0, 0.1) is 0 Å². The normalized spacial score (nSPS) is 14.5. The lowest BCUT2D eigenvalue weighted by atomic mass is 10.4. The van der Waals surface area contributed by atoms with Crippen LogP contribution in [0.3, 0.4) is 0 Å². The molecule has 0 fully saturated rings. The van der Waals surface area contributed by atoms with E-state index in [1.165, 1.54) is 8.61 Å². The fraction of sp³-hybridized carbons (Fsp3) is 1.00. The van der Waals surface area contributed by atoms with E-state index in [0.29, 0.717) is 13.2 Å². The third-order valence-electron chi connectivity index (χ3n) is 2.69. The van der Waals surface area contributed by atoms with Crippen LogP contribution >= 0.6 is 0 Å². The molecule has 0 spiro atoms. The highest BCUT2D eigenvalue weighted by Gasteiger charge is 2.27. The van der Waals surface area contributed by atoms with Gasteiger partial charge < -0.3 is 10.1 Å². The third-order valence-corrected chi connectivity index (χ3v) is 4.74. The Labute approximate surface area is 105 Å². The van der Waals surface area contributed by atoms with Gasteiger partial charge in [-0.2, -0.15) is 17.0 Å². The molecule has 0 aliphatic heterocycles. The van der Waals surface area contributed by atoms with Crippen molar-refractivity contribution < 1.29 is 13.2 Å². The van der Waals surface area contributed by atoms with E-state index in [0.717, 1.165) is 13.0 Å². The summed E-state index contributed by atoms with van der Waals surface area (Å²) in [6, 6.07) is -0.170. The van der Waals surface area contributed by atoms with Gasteiger partial charge in [0.1, 0.15) is 0 Å². The highest BCUT2D eigenvalue weighted by Crippen LogP contribution is 2.09. The second kappa shape index (κ2) is 7.99. The first kappa shape index (κ1) is 16.8. The molecule has 17 heavy (non-hydrogen) atoms. The van der Waals surface area contributed by atoms with Crippen LogP contribution in [0.4, 0.5) is 0 Å². The first-order valence-electron chi connectivity index (χ1n) is 5.70. The van der Waals surface area contributed by atoms with E-state index in [-0.39, 0.29) is 6.04 Å². The number of hydrogen-bond donors (Lipinski definition) is 1. The maximum atomic E-state index is 12.1. The molecule has 0 radical (unpaired) electrons. The van der Waals surface area contributed by atoms with E-state index in [4.69, 9.17) is 4.74 Å². The zero-order valence-electron chi connectivity index (χ0n) is 11.4. The molecule has 0 amide bonds. The van der Waals surface area contributed by atoms with Crippen molar-refractivity contribution in [3.8, 4) is 0 Å². The third kappa shape index (κ3) is 5.31. The molecular weight excluding hydrogens is 242 g/mol. The largest absolute Gasteiger partial charge is 0.383 e. The molecular formula is C10H25N3O3S. The van der Waals surface area contributed by atoms with Crippen LogP contribution in [0.1, 0.15) is 13.3 Å². The molecule has 0 heterocycles. The number of likely N-dealkylation sites (N-methyl/N-ethyl adjacent to an activating group) is 1. The van der Waals surface area contributed by atoms with E-state index in [2.05, 4.69) is 5.32 Å². The summed E-state index contributed by atoms with van der Waals surface area (Å²) in [6.07, 6.45) is 0.790. The number of ether oxygens (including phenoxy) is 1. The Morgan fingerprint density at radius 3 is 2.41 bits per heavy atom. The van der Waals surface area contributed by atoms with Crippen molar-refractivity contribution in [3.63, 3.8) is 0 Å². The van der Waals surface area contributed by atoms with Crippen molar-refractivity contribution in [2.45, 2.75) is 19.4 Å². The molecule has 0 rings (SSSR count). The number of nitrogens with zero attached hydrogens (tertiary/aromatic N) is 2. The van der Waals surface area contributed by atoms with Gasteiger partial charge in [0.15, 0.2) is 0 Å². The van der Waals surface area contributed by atoms with Gasteiger partial charge in [-0.05, 0) is 26.9 Å². The average Bonchev–Trinajstić information content (AvgIpc) is 2.28. The van der Waals surface area contributed by atoms with Crippen LogP contribution in [-0.2, 0) is 14.9 Å². The Morgan fingerprint density at radius 2 is 1.94 bits per heavy atom. The van der Waals surface area contributed by atoms with Crippen molar-refractivity contribution in [1.29, 1.82) is 0 Å². The van der Waals surface area contributed by atoms with Gasteiger partial charge in [0.05, 0.1) is 6.61 Å². The van der Waals surface area contributed by atoms with Crippen LogP contribution < -0.4 is 5.32 Å². The summed E-state index contributed by atoms with van der Waals surface area (Å²) >= 11 is 0. The summed E-state index contributed by atoms with van der Waals surface area (Å²) < 4.78 is 31.9. The van der Waals surface area contributed by atoms with Crippen molar-refractivity contribution in [3.05, 3.63) is 0 Å². The van der Waals surface area contributed by atoms with Crippen LogP contribution in [0.25, 0.3) is 0 Å². The highest BCUT2D eigenvalue weighted by atomic mass is 32.2. The minimum absolute atomic E-state index is 0.170. The molecule has 0 aromatic rings. The van der Waals surface area contributed by atoms with Crippen LogP contribution in [0.15, 0.2) is 0 Å². The summed E-state index contributed by atoms with van der Waals surface area (Å²) in [7, 11) is 3.20. The van der Waals surface area contributed by atoms with E-state index in [1.54, 1.807) is 21.2 Å². The molecule has 0 aromatic heterocycles. The Hall–Kier alpha value is -0.210. The standard InChI is InChI=1S/C10H25N3O3S/c1-10(9-16-5)13(4)17(14,15)12(3)8-6-7-11-2/h10-11H,6-9H2,1-5H3. The summed E-state index contributed by atoms with van der Waals surface area (Å²) in [5, 5.41) is 2.99. The van der Waals surface area contributed by atoms with E-state index < -0.39 is 10.2 Å². The highest BCUT2D eigenvalue weighted by molar-refractivity contribution is 7.86. The lowest BCUT2D eigenvalue weighted by molar-refractivity contribution is 0.146. The Balaban J connectivity index is 4.43. The summed E-state index contributed by atoms with van der Waals surface area (Å²) in [6.45, 7) is 3.52. The lowest BCUT2D eigenvalue weighted by Gasteiger charge is -2.28. The lowest BCUT2D eigenvalue weighted by Crippen LogP contribution is -2.46. The number of methoxy groups -OCH3 is 1. The molecule has 104 valence electrons. The molecule has 0 saturated heterocycles. The molecule has 0 aliphatic carbocycles. The molecule has 0 saturated carbocycles. The molecule has 0 aromatic carbocycles. The molecule has 6 nitrogen and oxygen atoms in total. The van der Waals surface area contributed by atoms with Crippen molar-refractivity contribution in [1.82, 2.24) is 13.9 Å². The molecule has 1 unspecified atom stereocenters. The number of nitrogens with one attached hydrogen (secondary N) is 1. The predicted octanol–water partition coefficient (Wildman–Crippen LogP) is -0.261. The van der Waals surface area contributed by atoms with E-state index in [9.17, 15) is 8.42 Å². The predicted molar refractivity (Wildman–Crippen MR) is 69.2 cm³/mol. The maximum absolute atomic E-state index is 12.1. The van der Waals surface area contributed by atoms with Gasteiger partial charge in [-0.15, -0.1) is 0 Å². The SMILES string of the molecule is CNCCCN(C)S(=O)(=O)N(C)C(C)COC. The molecule has 1 N–H and O–H groups in total. The first-order valence-corrected chi connectivity index (χ1v) is 7.10. The van der Waals surface area contributed by atoms with Gasteiger partial charge in [0.25, 0.3) is 10.2 Å². The van der Waals surface area contributed by atoms with Gasteiger partial charge in [-0.25, -0.2) is 0 Å². The first-order chi connectivity index (χ1) is 7.87. The zero-order valence-corrected chi connectivity index (χ0v) is 12.2. The molecule has 1 atom stereocenters. The molecule has 0 bridgehead atoms. The topological polar surface area (TPSA) is 61.9 Å². The van der Waals surface area contributed by atoms with Crippen LogP contribution in [-0.4, -0.2) is 71.0 Å². The van der Waals surface area contributed by atoms with Crippen molar-refractivity contribution in [2.75, 3.05) is 47.9 Å². The Bertz CT molecular complexity index is 295. The van der Waals surface area contributed by atoms with Crippen LogP contribution in [0.5, 0.6) is 0 Å². The average molecular weight is 267 g/mol. The second-order valence-electron chi connectivity index (χ2n) is 4.11.